The van der Waals surface area contributed by atoms with Gasteiger partial charge in [0.25, 0.3) is 0 Å². The molecular weight excluding hydrogens is 220 g/mol. The van der Waals surface area contributed by atoms with Crippen LogP contribution < -0.4 is 5.32 Å². The van der Waals surface area contributed by atoms with Crippen LogP contribution in [0.5, 0.6) is 0 Å². The number of amides is 1. The number of aromatic nitrogens is 1. The van der Waals surface area contributed by atoms with E-state index in [1.54, 1.807) is 11.3 Å². The van der Waals surface area contributed by atoms with E-state index in [0.717, 1.165) is 18.5 Å². The molecule has 0 aromatic carbocycles. The molecule has 16 heavy (non-hydrogen) atoms. The van der Waals surface area contributed by atoms with Gasteiger partial charge >= 0.3 is 0 Å². The minimum atomic E-state index is -0.0472. The summed E-state index contributed by atoms with van der Waals surface area (Å²) in [6, 6.07) is 0. The minimum absolute atomic E-state index is 0.0472. The maximum Gasteiger partial charge on any atom is 0.220 e. The van der Waals surface area contributed by atoms with Crippen molar-refractivity contribution in [1.82, 2.24) is 10.3 Å². The number of nitrogens with one attached hydrogen (secondary N) is 1. The topological polar surface area (TPSA) is 42.0 Å². The molecule has 0 aliphatic carbocycles. The van der Waals surface area contributed by atoms with Crippen molar-refractivity contribution in [3.8, 4) is 0 Å². The molecule has 0 bridgehead atoms. The fourth-order valence-electron chi connectivity index (χ4n) is 2.29. The molecule has 1 aromatic heterocycles. The maximum absolute atomic E-state index is 11.5. The minimum Gasteiger partial charge on any atom is -0.350 e. The normalized spacial score (nSPS) is 25.1. The second kappa shape index (κ2) is 4.17. The molecule has 1 aliphatic rings. The van der Waals surface area contributed by atoms with Gasteiger partial charge in [-0.1, -0.05) is 13.8 Å². The van der Waals surface area contributed by atoms with Crippen LogP contribution in [0.15, 0.2) is 5.51 Å². The molecule has 4 heteroatoms. The van der Waals surface area contributed by atoms with Crippen molar-refractivity contribution in [3.05, 3.63) is 16.1 Å². The Labute approximate surface area is 100 Å². The van der Waals surface area contributed by atoms with Crippen molar-refractivity contribution < 1.29 is 4.79 Å². The van der Waals surface area contributed by atoms with E-state index in [-0.39, 0.29) is 11.4 Å². The molecule has 2 heterocycles. The Morgan fingerprint density at radius 3 is 2.81 bits per heavy atom. The van der Waals surface area contributed by atoms with Crippen LogP contribution in [-0.2, 0) is 11.2 Å². The van der Waals surface area contributed by atoms with Gasteiger partial charge < -0.3 is 5.32 Å². The van der Waals surface area contributed by atoms with Crippen LogP contribution in [0.2, 0.25) is 0 Å². The van der Waals surface area contributed by atoms with E-state index in [2.05, 4.69) is 24.1 Å². The van der Waals surface area contributed by atoms with Crippen molar-refractivity contribution in [2.75, 3.05) is 0 Å². The summed E-state index contributed by atoms with van der Waals surface area (Å²) in [7, 11) is 0. The number of rotatable bonds is 3. The van der Waals surface area contributed by atoms with Gasteiger partial charge in [-0.2, -0.15) is 0 Å². The van der Waals surface area contributed by atoms with Crippen molar-refractivity contribution in [1.29, 1.82) is 0 Å². The highest BCUT2D eigenvalue weighted by atomic mass is 32.1. The molecule has 1 atom stereocenters. The fraction of sp³-hybridized carbons (Fsp3) is 0.667. The van der Waals surface area contributed by atoms with Gasteiger partial charge in [0.1, 0.15) is 0 Å². The zero-order valence-corrected chi connectivity index (χ0v) is 10.9. The summed E-state index contributed by atoms with van der Waals surface area (Å²) in [6.07, 6.45) is 2.53. The van der Waals surface area contributed by atoms with Crippen LogP contribution in [0.25, 0.3) is 0 Å². The van der Waals surface area contributed by atoms with Gasteiger partial charge in [-0.15, -0.1) is 11.3 Å². The Morgan fingerprint density at radius 2 is 2.38 bits per heavy atom. The molecule has 2 rings (SSSR count). The van der Waals surface area contributed by atoms with Gasteiger partial charge in [0.2, 0.25) is 5.91 Å². The first kappa shape index (κ1) is 11.6. The fourth-order valence-corrected chi connectivity index (χ4v) is 3.19. The largest absolute Gasteiger partial charge is 0.350 e. The van der Waals surface area contributed by atoms with Crippen LogP contribution in [0.4, 0.5) is 0 Å². The predicted octanol–water partition coefficient (Wildman–Crippen LogP) is 2.30. The Bertz CT molecular complexity index is 399. The molecule has 1 saturated heterocycles. The lowest BCUT2D eigenvalue weighted by molar-refractivity contribution is -0.120. The third-order valence-electron chi connectivity index (χ3n) is 3.61. The number of aryl methyl sites for hydroxylation is 1. The molecule has 1 aromatic rings. The molecule has 1 unspecified atom stereocenters. The number of hydrogen-bond acceptors (Lipinski definition) is 3. The van der Waals surface area contributed by atoms with Gasteiger partial charge in [-0.25, -0.2) is 4.98 Å². The summed E-state index contributed by atoms with van der Waals surface area (Å²) in [5, 5.41) is 3.17. The van der Waals surface area contributed by atoms with E-state index in [4.69, 9.17) is 0 Å². The zero-order valence-electron chi connectivity index (χ0n) is 10.0. The van der Waals surface area contributed by atoms with E-state index < -0.39 is 0 Å². The van der Waals surface area contributed by atoms with Crippen LogP contribution in [0, 0.1) is 12.8 Å². The number of nitrogens with zero attached hydrogens (tertiary/aromatic N) is 1. The SMILES string of the molecule is Cc1ncsc1CC1(C(C)C)CCC(=O)N1. The summed E-state index contributed by atoms with van der Waals surface area (Å²) >= 11 is 1.69. The van der Waals surface area contributed by atoms with E-state index in [9.17, 15) is 4.79 Å². The Morgan fingerprint density at radius 1 is 1.62 bits per heavy atom. The highest BCUT2D eigenvalue weighted by molar-refractivity contribution is 7.09. The van der Waals surface area contributed by atoms with Gasteiger partial charge in [0, 0.05) is 23.3 Å². The molecule has 1 N–H and O–H groups in total. The monoisotopic (exact) mass is 238 g/mol. The van der Waals surface area contributed by atoms with Crippen molar-refractivity contribution in [3.63, 3.8) is 0 Å². The second-order valence-electron chi connectivity index (χ2n) is 4.90. The average molecular weight is 238 g/mol. The van der Waals surface area contributed by atoms with E-state index in [1.807, 2.05) is 12.4 Å². The second-order valence-corrected chi connectivity index (χ2v) is 5.84. The molecule has 1 fully saturated rings. The molecule has 0 radical (unpaired) electrons. The highest BCUT2D eigenvalue weighted by Crippen LogP contribution is 2.33. The molecule has 0 spiro atoms. The van der Waals surface area contributed by atoms with Gasteiger partial charge in [-0.3, -0.25) is 4.79 Å². The maximum atomic E-state index is 11.5. The molecule has 3 nitrogen and oxygen atoms in total. The lowest BCUT2D eigenvalue weighted by Gasteiger charge is -2.33. The molecule has 1 aliphatic heterocycles. The number of hydrogen-bond donors (Lipinski definition) is 1. The van der Waals surface area contributed by atoms with E-state index in [1.165, 1.54) is 4.88 Å². The van der Waals surface area contributed by atoms with Crippen molar-refractivity contribution in [2.45, 2.75) is 45.6 Å². The van der Waals surface area contributed by atoms with Crippen LogP contribution >= 0.6 is 11.3 Å². The van der Waals surface area contributed by atoms with Gasteiger partial charge in [0.05, 0.1) is 11.2 Å². The van der Waals surface area contributed by atoms with E-state index >= 15 is 0 Å². The Kier molecular flexibility index (Phi) is 3.02. The third-order valence-corrected chi connectivity index (χ3v) is 4.55. The molecule has 1 amide bonds. The molecule has 88 valence electrons. The Hall–Kier alpha value is -0.900. The first-order valence-electron chi connectivity index (χ1n) is 5.73. The van der Waals surface area contributed by atoms with Crippen LogP contribution in [-0.4, -0.2) is 16.4 Å². The smallest absolute Gasteiger partial charge is 0.220 e. The predicted molar refractivity (Wildman–Crippen MR) is 65.5 cm³/mol. The molecular formula is C12H18N2OS. The van der Waals surface area contributed by atoms with E-state index in [0.29, 0.717) is 12.3 Å². The van der Waals surface area contributed by atoms with Crippen LogP contribution in [0.3, 0.4) is 0 Å². The van der Waals surface area contributed by atoms with Gasteiger partial charge in [0.15, 0.2) is 0 Å². The summed E-state index contributed by atoms with van der Waals surface area (Å²) in [4.78, 5) is 17.0. The third kappa shape index (κ3) is 1.98. The summed E-state index contributed by atoms with van der Waals surface area (Å²) in [6.45, 7) is 6.40. The lowest BCUT2D eigenvalue weighted by Crippen LogP contribution is -2.48. The first-order chi connectivity index (χ1) is 7.53. The number of carbonyl (C=O) groups excluding carboxylic acids is 1. The van der Waals surface area contributed by atoms with Crippen LogP contribution in [0.1, 0.15) is 37.3 Å². The summed E-state index contributed by atoms with van der Waals surface area (Å²) in [5.41, 5.74) is 2.94. The van der Waals surface area contributed by atoms with Gasteiger partial charge in [-0.05, 0) is 19.3 Å². The highest BCUT2D eigenvalue weighted by Gasteiger charge is 2.40. The Balaban J connectivity index is 2.22. The number of thiazole rings is 1. The first-order valence-corrected chi connectivity index (χ1v) is 6.61. The zero-order chi connectivity index (χ0) is 11.8. The summed E-state index contributed by atoms with van der Waals surface area (Å²) in [5.74, 6) is 0.649. The molecule has 0 saturated carbocycles. The standard InChI is InChI=1S/C12H18N2OS/c1-8(2)12(5-4-11(15)14-12)6-10-9(3)13-7-16-10/h7-8H,4-6H2,1-3H3,(H,14,15). The quantitative estimate of drug-likeness (QED) is 0.878. The van der Waals surface area contributed by atoms with Crippen molar-refractivity contribution >= 4 is 17.2 Å². The lowest BCUT2D eigenvalue weighted by atomic mass is 9.81. The average Bonchev–Trinajstić information content (AvgIpc) is 2.76. The van der Waals surface area contributed by atoms with Crippen molar-refractivity contribution in [2.24, 2.45) is 5.92 Å². The summed E-state index contributed by atoms with van der Waals surface area (Å²) < 4.78 is 0. The number of carbonyl (C=O) groups is 1.